The van der Waals surface area contributed by atoms with Crippen LogP contribution < -0.4 is 5.32 Å². The molecule has 6 heteroatoms. The van der Waals surface area contributed by atoms with Gasteiger partial charge in [-0.2, -0.15) is 0 Å². The number of carbonyl (C=O) groups is 1. The van der Waals surface area contributed by atoms with Crippen molar-refractivity contribution in [3.8, 4) is 21.8 Å². The molecule has 0 bridgehead atoms. The number of carbonyl (C=O) groups excluding carboxylic acids is 1. The molecule has 0 unspecified atom stereocenters. The lowest BCUT2D eigenvalue weighted by Crippen LogP contribution is -2.16. The van der Waals surface area contributed by atoms with Gasteiger partial charge in [0.1, 0.15) is 11.6 Å². The third-order valence-electron chi connectivity index (χ3n) is 3.15. The zero-order valence-corrected chi connectivity index (χ0v) is 13.3. The predicted molar refractivity (Wildman–Crippen MR) is 91.3 cm³/mol. The third-order valence-corrected chi connectivity index (χ3v) is 4.04. The van der Waals surface area contributed by atoms with E-state index >= 15 is 0 Å². The second-order valence-corrected chi connectivity index (χ2v) is 5.69. The van der Waals surface area contributed by atoms with Gasteiger partial charge in [0.25, 0.3) is 0 Å². The number of amides is 1. The summed E-state index contributed by atoms with van der Waals surface area (Å²) in [6.07, 6.45) is 3.50. The van der Waals surface area contributed by atoms with Gasteiger partial charge in [-0.05, 0) is 24.3 Å². The summed E-state index contributed by atoms with van der Waals surface area (Å²) in [5.41, 5.74) is 3.60. The fourth-order valence-electron chi connectivity index (χ4n) is 2.12. The average Bonchev–Trinajstić information content (AvgIpc) is 3.06. The van der Waals surface area contributed by atoms with Gasteiger partial charge in [-0.3, -0.25) is 9.78 Å². The van der Waals surface area contributed by atoms with E-state index in [4.69, 9.17) is 4.74 Å². The van der Waals surface area contributed by atoms with Crippen molar-refractivity contribution in [3.05, 3.63) is 54.2 Å². The van der Waals surface area contributed by atoms with Crippen LogP contribution in [0.5, 0.6) is 0 Å². The highest BCUT2D eigenvalue weighted by Crippen LogP contribution is 2.29. The lowest BCUT2D eigenvalue weighted by molar-refractivity contribution is -0.119. The minimum absolute atomic E-state index is 0.0348. The fraction of sp³-hybridized carbons (Fsp3) is 0.118. The Kier molecular flexibility index (Phi) is 4.75. The predicted octanol–water partition coefficient (Wildman–Crippen LogP) is 3.46. The van der Waals surface area contributed by atoms with Gasteiger partial charge in [0.15, 0.2) is 0 Å². The smallest absolute Gasteiger partial charge is 0.250 e. The first-order valence-electron chi connectivity index (χ1n) is 7.01. The first-order chi connectivity index (χ1) is 11.3. The second-order valence-electron chi connectivity index (χ2n) is 4.84. The van der Waals surface area contributed by atoms with E-state index in [-0.39, 0.29) is 12.5 Å². The lowest BCUT2D eigenvalue weighted by Gasteiger charge is -2.05. The second kappa shape index (κ2) is 7.13. The number of nitrogens with one attached hydrogen (secondary N) is 1. The van der Waals surface area contributed by atoms with Crippen LogP contribution in [0.3, 0.4) is 0 Å². The normalized spacial score (nSPS) is 10.5. The summed E-state index contributed by atoms with van der Waals surface area (Å²) in [5.74, 6) is -0.180. The van der Waals surface area contributed by atoms with Crippen LogP contribution in [-0.4, -0.2) is 29.6 Å². The quantitative estimate of drug-likeness (QED) is 0.780. The molecule has 0 aliphatic heterocycles. The molecule has 0 aliphatic rings. The number of methoxy groups -OCH3 is 1. The van der Waals surface area contributed by atoms with Gasteiger partial charge < -0.3 is 10.1 Å². The number of thiazole rings is 1. The van der Waals surface area contributed by atoms with E-state index in [1.807, 2.05) is 41.8 Å². The van der Waals surface area contributed by atoms with Crippen LogP contribution >= 0.6 is 11.3 Å². The molecular formula is C17H15N3O2S. The number of nitrogens with zero attached hydrogens (tertiary/aromatic N) is 2. The SMILES string of the molecule is COCC(=O)Nc1cccc(-c2csc(-c3ccncc3)n2)c1. The molecule has 1 N–H and O–H groups in total. The van der Waals surface area contributed by atoms with Gasteiger partial charge in [0.2, 0.25) is 5.91 Å². The van der Waals surface area contributed by atoms with E-state index in [0.717, 1.165) is 27.5 Å². The van der Waals surface area contributed by atoms with Crippen molar-refractivity contribution in [1.82, 2.24) is 9.97 Å². The summed E-state index contributed by atoms with van der Waals surface area (Å²) in [6.45, 7) is 0.0348. The Hall–Kier alpha value is -2.57. The Morgan fingerprint density at radius 3 is 2.83 bits per heavy atom. The number of rotatable bonds is 5. The molecule has 1 aromatic carbocycles. The Balaban J connectivity index is 1.82. The Labute approximate surface area is 138 Å². The van der Waals surface area contributed by atoms with Crippen molar-refractivity contribution >= 4 is 22.9 Å². The highest BCUT2D eigenvalue weighted by atomic mass is 32.1. The van der Waals surface area contributed by atoms with E-state index in [0.29, 0.717) is 0 Å². The summed E-state index contributed by atoms with van der Waals surface area (Å²) < 4.78 is 4.82. The maximum atomic E-state index is 11.6. The van der Waals surface area contributed by atoms with Gasteiger partial charge in [0, 0.05) is 41.7 Å². The Morgan fingerprint density at radius 1 is 1.22 bits per heavy atom. The van der Waals surface area contributed by atoms with E-state index < -0.39 is 0 Å². The van der Waals surface area contributed by atoms with E-state index in [9.17, 15) is 4.79 Å². The number of hydrogen-bond donors (Lipinski definition) is 1. The standard InChI is InChI=1S/C17H15N3O2S/c1-22-10-16(21)19-14-4-2-3-13(9-14)15-11-23-17(20-15)12-5-7-18-8-6-12/h2-9,11H,10H2,1H3,(H,19,21). The molecule has 23 heavy (non-hydrogen) atoms. The fourth-order valence-corrected chi connectivity index (χ4v) is 2.95. The minimum Gasteiger partial charge on any atom is -0.375 e. The molecule has 0 spiro atoms. The molecular weight excluding hydrogens is 310 g/mol. The highest BCUT2D eigenvalue weighted by Gasteiger charge is 2.08. The lowest BCUT2D eigenvalue weighted by atomic mass is 10.1. The van der Waals surface area contributed by atoms with E-state index in [2.05, 4.69) is 15.3 Å². The van der Waals surface area contributed by atoms with Crippen LogP contribution in [0, 0.1) is 0 Å². The molecule has 0 fully saturated rings. The molecule has 0 aliphatic carbocycles. The van der Waals surface area contributed by atoms with Crippen LogP contribution in [0.2, 0.25) is 0 Å². The van der Waals surface area contributed by atoms with Crippen LogP contribution in [-0.2, 0) is 9.53 Å². The van der Waals surface area contributed by atoms with Crippen molar-refractivity contribution < 1.29 is 9.53 Å². The monoisotopic (exact) mass is 325 g/mol. The van der Waals surface area contributed by atoms with Gasteiger partial charge in [-0.1, -0.05) is 12.1 Å². The van der Waals surface area contributed by atoms with Crippen LogP contribution in [0.1, 0.15) is 0 Å². The van der Waals surface area contributed by atoms with Gasteiger partial charge in [-0.15, -0.1) is 11.3 Å². The van der Waals surface area contributed by atoms with Gasteiger partial charge in [0.05, 0.1) is 5.69 Å². The Bertz CT molecular complexity index is 802. The first kappa shape index (κ1) is 15.3. The molecule has 1 amide bonds. The van der Waals surface area contributed by atoms with Crippen molar-refractivity contribution in [1.29, 1.82) is 0 Å². The van der Waals surface area contributed by atoms with Gasteiger partial charge in [-0.25, -0.2) is 4.98 Å². The summed E-state index contributed by atoms with van der Waals surface area (Å²) in [7, 11) is 1.49. The maximum Gasteiger partial charge on any atom is 0.250 e. The average molecular weight is 325 g/mol. The summed E-state index contributed by atoms with van der Waals surface area (Å²) in [4.78, 5) is 20.3. The molecule has 3 rings (SSSR count). The van der Waals surface area contributed by atoms with Gasteiger partial charge >= 0.3 is 0 Å². The van der Waals surface area contributed by atoms with Crippen LogP contribution in [0.15, 0.2) is 54.2 Å². The summed E-state index contributed by atoms with van der Waals surface area (Å²) in [6, 6.07) is 11.5. The number of hydrogen-bond acceptors (Lipinski definition) is 5. The van der Waals surface area contributed by atoms with Crippen molar-refractivity contribution in [2.45, 2.75) is 0 Å². The number of aromatic nitrogens is 2. The molecule has 3 aromatic rings. The van der Waals surface area contributed by atoms with Crippen LogP contribution in [0.4, 0.5) is 5.69 Å². The molecule has 0 saturated carbocycles. The zero-order valence-electron chi connectivity index (χ0n) is 12.5. The van der Waals surface area contributed by atoms with E-state index in [1.165, 1.54) is 7.11 Å². The molecule has 116 valence electrons. The number of pyridine rings is 1. The molecule has 0 radical (unpaired) electrons. The highest BCUT2D eigenvalue weighted by molar-refractivity contribution is 7.13. The first-order valence-corrected chi connectivity index (χ1v) is 7.89. The molecule has 0 saturated heterocycles. The molecule has 2 aromatic heterocycles. The largest absolute Gasteiger partial charge is 0.375 e. The minimum atomic E-state index is -0.180. The van der Waals surface area contributed by atoms with Crippen molar-refractivity contribution in [3.63, 3.8) is 0 Å². The maximum absolute atomic E-state index is 11.6. The molecule has 2 heterocycles. The van der Waals surface area contributed by atoms with Crippen LogP contribution in [0.25, 0.3) is 21.8 Å². The zero-order chi connectivity index (χ0) is 16.1. The molecule has 0 atom stereocenters. The summed E-state index contributed by atoms with van der Waals surface area (Å²) in [5, 5.41) is 5.74. The Morgan fingerprint density at radius 2 is 2.04 bits per heavy atom. The van der Waals surface area contributed by atoms with E-state index in [1.54, 1.807) is 23.7 Å². The third kappa shape index (κ3) is 3.80. The number of ether oxygens (including phenoxy) is 1. The van der Waals surface area contributed by atoms with Crippen molar-refractivity contribution in [2.75, 3.05) is 19.0 Å². The number of anilines is 1. The van der Waals surface area contributed by atoms with Crippen molar-refractivity contribution in [2.24, 2.45) is 0 Å². The topological polar surface area (TPSA) is 64.1 Å². The summed E-state index contributed by atoms with van der Waals surface area (Å²) >= 11 is 1.58. The molecule has 5 nitrogen and oxygen atoms in total. The number of benzene rings is 1.